The van der Waals surface area contributed by atoms with Crippen molar-refractivity contribution in [3.8, 4) is 22.5 Å². The molecule has 3 aromatic carbocycles. The number of halogens is 1. The third-order valence-corrected chi connectivity index (χ3v) is 7.72. The van der Waals surface area contributed by atoms with Gasteiger partial charge in [-0.2, -0.15) is 0 Å². The molecule has 1 aliphatic rings. The van der Waals surface area contributed by atoms with Gasteiger partial charge in [0.15, 0.2) is 5.76 Å². The molecular weight excluding hydrogens is 526 g/mol. The van der Waals surface area contributed by atoms with Gasteiger partial charge in [-0.05, 0) is 55.0 Å². The van der Waals surface area contributed by atoms with E-state index in [0.29, 0.717) is 35.2 Å². The summed E-state index contributed by atoms with van der Waals surface area (Å²) in [6.07, 6.45) is 2.11. The van der Waals surface area contributed by atoms with Crippen molar-refractivity contribution in [2.45, 2.75) is 44.8 Å². The zero-order chi connectivity index (χ0) is 28.3. The van der Waals surface area contributed by atoms with Crippen LogP contribution in [-0.2, 0) is 21.5 Å². The first-order valence-electron chi connectivity index (χ1n) is 13.3. The molecule has 1 aliphatic carbocycles. The summed E-state index contributed by atoms with van der Waals surface area (Å²) in [7, 11) is 0. The number of esters is 1. The number of hydrogen-bond acceptors (Lipinski definition) is 7. The molecule has 4 N–H and O–H groups in total. The molecule has 40 heavy (non-hydrogen) atoms. The Labute approximate surface area is 238 Å². The van der Waals surface area contributed by atoms with E-state index in [2.05, 4.69) is 10.5 Å². The molecule has 1 saturated carbocycles. The number of hydrogen-bond donors (Lipinski definition) is 3. The van der Waals surface area contributed by atoms with E-state index in [1.54, 1.807) is 13.1 Å². The van der Waals surface area contributed by atoms with E-state index >= 15 is 0 Å². The zero-order valence-corrected chi connectivity index (χ0v) is 23.2. The molecule has 8 heteroatoms. The van der Waals surface area contributed by atoms with Crippen LogP contribution in [0.2, 0.25) is 5.02 Å². The van der Waals surface area contributed by atoms with Crippen molar-refractivity contribution < 1.29 is 19.2 Å². The number of aromatic nitrogens is 1. The lowest BCUT2D eigenvalue weighted by molar-refractivity contribution is -0.146. The van der Waals surface area contributed by atoms with Crippen molar-refractivity contribution in [3.63, 3.8) is 0 Å². The minimum absolute atomic E-state index is 0.140. The zero-order valence-electron chi connectivity index (χ0n) is 22.5. The summed E-state index contributed by atoms with van der Waals surface area (Å²) in [5, 5.41) is 18.9. The van der Waals surface area contributed by atoms with Crippen molar-refractivity contribution in [2.75, 3.05) is 6.61 Å². The summed E-state index contributed by atoms with van der Waals surface area (Å²) in [4.78, 5) is 12.4. The fourth-order valence-electron chi connectivity index (χ4n) is 4.87. The number of carbonyl (C=O) groups excluding carboxylic acids is 1. The van der Waals surface area contributed by atoms with Crippen LogP contribution < -0.4 is 11.1 Å². The maximum absolute atomic E-state index is 12.4. The molecule has 0 aliphatic heterocycles. The number of nitrogens with zero attached hydrogens (tertiary/aromatic N) is 1. The van der Waals surface area contributed by atoms with Crippen molar-refractivity contribution in [2.24, 2.45) is 5.73 Å². The highest BCUT2D eigenvalue weighted by Gasteiger charge is 2.52. The number of nitrogens with one attached hydrogen (secondary N) is 1. The van der Waals surface area contributed by atoms with E-state index in [1.165, 1.54) is 0 Å². The molecule has 0 amide bonds. The van der Waals surface area contributed by atoms with Gasteiger partial charge < -0.3 is 25.4 Å². The largest absolute Gasteiger partial charge is 0.465 e. The third-order valence-electron chi connectivity index (χ3n) is 7.35. The lowest BCUT2D eigenvalue weighted by atomic mass is 9.93. The summed E-state index contributed by atoms with van der Waals surface area (Å²) in [6.45, 7) is 4.46. The van der Waals surface area contributed by atoms with Crippen LogP contribution >= 0.6 is 11.6 Å². The normalized spacial score (nSPS) is 14.9. The van der Waals surface area contributed by atoms with Gasteiger partial charge in [0.05, 0.1) is 29.0 Å². The maximum atomic E-state index is 12.4. The lowest BCUT2D eigenvalue weighted by Crippen LogP contribution is -2.23. The number of aryl methyl sites for hydroxylation is 1. The van der Waals surface area contributed by atoms with Crippen molar-refractivity contribution >= 4 is 17.6 Å². The van der Waals surface area contributed by atoms with Crippen LogP contribution in [0.15, 0.2) is 89.2 Å². The predicted molar refractivity (Wildman–Crippen MR) is 155 cm³/mol. The SMILES string of the molecule is CCOC(=O)C1(c2ccc(-c3ccc(-c4onc(C)c4C(O)/C(N)=C/NCc4ccccc4Cl)cc3)cc2)CC1. The Morgan fingerprint density at radius 1 is 1.10 bits per heavy atom. The number of nitrogens with two attached hydrogens (primary N) is 1. The van der Waals surface area contributed by atoms with Gasteiger partial charge in [0.1, 0.15) is 6.10 Å². The first-order valence-corrected chi connectivity index (χ1v) is 13.7. The van der Waals surface area contributed by atoms with Crippen molar-refractivity contribution in [1.82, 2.24) is 10.5 Å². The van der Waals surface area contributed by atoms with E-state index in [1.807, 2.05) is 79.7 Å². The second-order valence-corrected chi connectivity index (χ2v) is 10.4. The number of benzene rings is 3. The second-order valence-electron chi connectivity index (χ2n) is 9.99. The fourth-order valence-corrected chi connectivity index (χ4v) is 5.08. The predicted octanol–water partition coefficient (Wildman–Crippen LogP) is 6.19. The Balaban J connectivity index is 1.30. The highest BCUT2D eigenvalue weighted by Crippen LogP contribution is 2.49. The second kappa shape index (κ2) is 11.6. The summed E-state index contributed by atoms with van der Waals surface area (Å²) in [5.74, 6) is 0.318. The minimum Gasteiger partial charge on any atom is -0.465 e. The molecule has 0 radical (unpaired) electrons. The van der Waals surface area contributed by atoms with Crippen molar-refractivity contribution in [1.29, 1.82) is 0 Å². The van der Waals surface area contributed by atoms with Gasteiger partial charge in [-0.25, -0.2) is 0 Å². The average Bonchev–Trinajstić information content (AvgIpc) is 3.70. The Kier molecular flexibility index (Phi) is 7.96. The molecule has 0 saturated heterocycles. The molecule has 1 atom stereocenters. The van der Waals surface area contributed by atoms with Gasteiger partial charge >= 0.3 is 5.97 Å². The fraction of sp³-hybridized carbons (Fsp3) is 0.250. The molecule has 0 bridgehead atoms. The molecule has 206 valence electrons. The van der Waals surface area contributed by atoms with Gasteiger partial charge in [-0.3, -0.25) is 4.79 Å². The quantitative estimate of drug-likeness (QED) is 0.199. The summed E-state index contributed by atoms with van der Waals surface area (Å²) in [6, 6.07) is 23.4. The van der Waals surface area contributed by atoms with E-state index in [4.69, 9.17) is 26.6 Å². The van der Waals surface area contributed by atoms with Gasteiger partial charge in [-0.1, -0.05) is 83.5 Å². The Bertz CT molecular complexity index is 1520. The molecule has 1 unspecified atom stereocenters. The minimum atomic E-state index is -1.11. The first kappa shape index (κ1) is 27.5. The van der Waals surface area contributed by atoms with Crippen LogP contribution in [-0.4, -0.2) is 22.8 Å². The molecule has 1 aromatic heterocycles. The van der Waals surface area contributed by atoms with E-state index in [9.17, 15) is 9.90 Å². The monoisotopic (exact) mass is 557 g/mol. The number of aliphatic hydroxyl groups excluding tert-OH is 1. The Hall–Kier alpha value is -4.07. The van der Waals surface area contributed by atoms with E-state index in [-0.39, 0.29) is 11.7 Å². The molecular formula is C32H32ClN3O4. The van der Waals surface area contributed by atoms with Crippen LogP contribution in [0, 0.1) is 6.92 Å². The molecule has 5 rings (SSSR count). The number of carbonyl (C=O) groups is 1. The van der Waals surface area contributed by atoms with Crippen LogP contribution in [0.3, 0.4) is 0 Å². The van der Waals surface area contributed by atoms with E-state index < -0.39 is 11.5 Å². The van der Waals surface area contributed by atoms with Gasteiger partial charge in [0.25, 0.3) is 0 Å². The molecule has 1 heterocycles. The maximum Gasteiger partial charge on any atom is 0.316 e. The van der Waals surface area contributed by atoms with Gasteiger partial charge in [0, 0.05) is 23.3 Å². The highest BCUT2D eigenvalue weighted by molar-refractivity contribution is 6.31. The van der Waals surface area contributed by atoms with Gasteiger partial charge in [-0.15, -0.1) is 0 Å². The summed E-state index contributed by atoms with van der Waals surface area (Å²) < 4.78 is 10.9. The highest BCUT2D eigenvalue weighted by atomic mass is 35.5. The van der Waals surface area contributed by atoms with Gasteiger partial charge in [0.2, 0.25) is 0 Å². The average molecular weight is 558 g/mol. The number of aliphatic hydroxyl groups is 1. The number of ether oxygens (including phenoxy) is 1. The van der Waals surface area contributed by atoms with Crippen LogP contribution in [0.1, 0.15) is 48.3 Å². The standard InChI is InChI=1S/C32H32ClN3O4/c1-3-39-31(38)32(16-17-32)25-14-12-22(13-15-25)21-8-10-23(11-9-21)30-28(20(2)36-40-30)29(37)27(34)19-35-18-24-6-4-5-7-26(24)33/h4-15,19,29,35,37H,3,16-18,34H2,1-2H3/b27-19-. The Morgan fingerprint density at radius 2 is 1.73 bits per heavy atom. The van der Waals surface area contributed by atoms with Crippen LogP contribution in [0.4, 0.5) is 0 Å². The topological polar surface area (TPSA) is 111 Å². The van der Waals surface area contributed by atoms with Crippen molar-refractivity contribution in [3.05, 3.63) is 112 Å². The molecule has 7 nitrogen and oxygen atoms in total. The molecule has 4 aromatic rings. The first-order chi connectivity index (χ1) is 19.3. The summed E-state index contributed by atoms with van der Waals surface area (Å²) >= 11 is 6.21. The summed E-state index contributed by atoms with van der Waals surface area (Å²) in [5.41, 5.74) is 11.8. The van der Waals surface area contributed by atoms with Crippen LogP contribution in [0.25, 0.3) is 22.5 Å². The van der Waals surface area contributed by atoms with Crippen LogP contribution in [0.5, 0.6) is 0 Å². The smallest absolute Gasteiger partial charge is 0.316 e. The molecule has 0 spiro atoms. The lowest BCUT2D eigenvalue weighted by Gasteiger charge is -2.15. The number of rotatable bonds is 10. The Morgan fingerprint density at radius 3 is 2.35 bits per heavy atom. The van der Waals surface area contributed by atoms with E-state index in [0.717, 1.165) is 40.7 Å². The molecule has 1 fully saturated rings. The third kappa shape index (κ3) is 5.48.